The van der Waals surface area contributed by atoms with Crippen LogP contribution in [0.2, 0.25) is 0 Å². The van der Waals surface area contributed by atoms with E-state index in [2.05, 4.69) is 20.0 Å². The number of rotatable bonds is 3. The first-order valence-electron chi connectivity index (χ1n) is 8.43. The average molecular weight is 372 g/mol. The Morgan fingerprint density at radius 3 is 2.38 bits per heavy atom. The van der Waals surface area contributed by atoms with Crippen molar-refractivity contribution in [3.63, 3.8) is 0 Å². The minimum absolute atomic E-state index is 0.333. The van der Waals surface area contributed by atoms with Crippen molar-refractivity contribution in [3.8, 4) is 0 Å². The number of sulfonamides is 1. The number of anilines is 1. The molecule has 2 aromatic heterocycles. The van der Waals surface area contributed by atoms with Crippen molar-refractivity contribution >= 4 is 26.9 Å². The molecular formula is C17H20N6O2S. The van der Waals surface area contributed by atoms with Gasteiger partial charge in [0, 0.05) is 33.2 Å². The van der Waals surface area contributed by atoms with E-state index in [-0.39, 0.29) is 0 Å². The van der Waals surface area contributed by atoms with Crippen molar-refractivity contribution in [3.05, 3.63) is 42.4 Å². The number of hydrogen-bond acceptors (Lipinski definition) is 6. The lowest BCUT2D eigenvalue weighted by atomic mass is 10.3. The summed E-state index contributed by atoms with van der Waals surface area (Å²) in [5, 5.41) is 4.42. The van der Waals surface area contributed by atoms with E-state index < -0.39 is 10.0 Å². The molecule has 26 heavy (non-hydrogen) atoms. The maximum absolute atomic E-state index is 12.8. The maximum atomic E-state index is 12.8. The molecule has 1 aliphatic heterocycles. The molecule has 1 aliphatic rings. The molecule has 1 saturated heterocycles. The van der Waals surface area contributed by atoms with Gasteiger partial charge in [-0.1, -0.05) is 18.2 Å². The van der Waals surface area contributed by atoms with Gasteiger partial charge in [-0.25, -0.2) is 18.4 Å². The first-order chi connectivity index (χ1) is 12.5. The fourth-order valence-corrected chi connectivity index (χ4v) is 4.81. The van der Waals surface area contributed by atoms with Crippen molar-refractivity contribution < 1.29 is 8.42 Å². The molecule has 0 atom stereocenters. The van der Waals surface area contributed by atoms with Crippen LogP contribution in [0.5, 0.6) is 0 Å². The number of nitrogens with zero attached hydrogens (tertiary/aromatic N) is 6. The number of fused-ring (bicyclic) bond motifs is 1. The van der Waals surface area contributed by atoms with Crippen LogP contribution < -0.4 is 4.90 Å². The fourth-order valence-electron chi connectivity index (χ4n) is 3.37. The molecule has 0 saturated carbocycles. The van der Waals surface area contributed by atoms with Crippen LogP contribution in [-0.4, -0.2) is 58.7 Å². The van der Waals surface area contributed by atoms with Gasteiger partial charge in [-0.3, -0.25) is 4.68 Å². The first kappa shape index (κ1) is 16.9. The second-order valence-electron chi connectivity index (χ2n) is 6.31. The Morgan fingerprint density at radius 1 is 1.00 bits per heavy atom. The highest BCUT2D eigenvalue weighted by Crippen LogP contribution is 2.26. The predicted octanol–water partition coefficient (Wildman–Crippen LogP) is 1.18. The lowest BCUT2D eigenvalue weighted by Crippen LogP contribution is -2.49. The normalized spacial score (nSPS) is 16.3. The van der Waals surface area contributed by atoms with E-state index in [0.29, 0.717) is 31.1 Å². The van der Waals surface area contributed by atoms with E-state index in [1.807, 2.05) is 20.0 Å². The molecule has 3 aromatic rings. The summed E-state index contributed by atoms with van der Waals surface area (Å²) in [6.45, 7) is 3.90. The Labute approximate surface area is 152 Å². The van der Waals surface area contributed by atoms with Crippen molar-refractivity contribution in [1.29, 1.82) is 0 Å². The van der Waals surface area contributed by atoms with Crippen molar-refractivity contribution in [2.45, 2.75) is 11.8 Å². The van der Waals surface area contributed by atoms with Crippen molar-refractivity contribution in [1.82, 2.24) is 24.1 Å². The number of aryl methyl sites for hydroxylation is 2. The third kappa shape index (κ3) is 2.73. The number of aromatic nitrogens is 4. The Hall–Kier alpha value is -2.52. The van der Waals surface area contributed by atoms with Crippen LogP contribution in [0.3, 0.4) is 0 Å². The van der Waals surface area contributed by atoms with Gasteiger partial charge in [0.15, 0.2) is 5.82 Å². The zero-order valence-electron chi connectivity index (χ0n) is 14.7. The van der Waals surface area contributed by atoms with Gasteiger partial charge >= 0.3 is 0 Å². The largest absolute Gasteiger partial charge is 0.352 e. The third-order valence-electron chi connectivity index (χ3n) is 4.69. The van der Waals surface area contributed by atoms with E-state index >= 15 is 0 Å². The van der Waals surface area contributed by atoms with Gasteiger partial charge in [-0.05, 0) is 19.1 Å². The monoisotopic (exact) mass is 372 g/mol. The molecule has 4 rings (SSSR count). The van der Waals surface area contributed by atoms with Gasteiger partial charge in [0.1, 0.15) is 17.4 Å². The molecule has 0 N–H and O–H groups in total. The fraction of sp³-hybridized carbons (Fsp3) is 0.353. The second kappa shape index (κ2) is 6.33. The highest BCUT2D eigenvalue weighted by atomic mass is 32.2. The highest BCUT2D eigenvalue weighted by molar-refractivity contribution is 7.89. The van der Waals surface area contributed by atoms with Gasteiger partial charge in [-0.2, -0.15) is 9.40 Å². The molecule has 1 aromatic carbocycles. The summed E-state index contributed by atoms with van der Waals surface area (Å²) < 4.78 is 28.9. The number of hydrogen-bond donors (Lipinski definition) is 0. The molecular weight excluding hydrogens is 352 g/mol. The standard InChI is InChI=1S/C17H20N6O2S/c1-13-15-16(21(2)20-13)17(19-12-18-15)22-8-10-23(11-9-22)26(24,25)14-6-4-3-5-7-14/h3-7,12H,8-11H2,1-2H3. The SMILES string of the molecule is Cc1nn(C)c2c(N3CCN(S(=O)(=O)c4ccccc4)CC3)ncnc12. The molecule has 1 fully saturated rings. The molecule has 3 heterocycles. The van der Waals surface area contributed by atoms with Gasteiger partial charge in [0.2, 0.25) is 10.0 Å². The molecule has 136 valence electrons. The minimum atomic E-state index is -3.46. The summed E-state index contributed by atoms with van der Waals surface area (Å²) in [7, 11) is -1.58. The van der Waals surface area contributed by atoms with E-state index in [1.165, 1.54) is 4.31 Å². The zero-order chi connectivity index (χ0) is 18.3. The number of benzene rings is 1. The van der Waals surface area contributed by atoms with Crippen molar-refractivity contribution in [2.75, 3.05) is 31.1 Å². The van der Waals surface area contributed by atoms with Crippen LogP contribution in [-0.2, 0) is 17.1 Å². The van der Waals surface area contributed by atoms with E-state index in [1.54, 1.807) is 35.3 Å². The van der Waals surface area contributed by atoms with E-state index in [4.69, 9.17) is 0 Å². The Balaban J connectivity index is 1.58. The van der Waals surface area contributed by atoms with Gasteiger partial charge in [-0.15, -0.1) is 0 Å². The lowest BCUT2D eigenvalue weighted by Gasteiger charge is -2.34. The minimum Gasteiger partial charge on any atom is -0.352 e. The van der Waals surface area contributed by atoms with Gasteiger partial charge in [0.05, 0.1) is 10.6 Å². The van der Waals surface area contributed by atoms with Crippen LogP contribution in [0, 0.1) is 6.92 Å². The van der Waals surface area contributed by atoms with Crippen LogP contribution in [0.15, 0.2) is 41.6 Å². The van der Waals surface area contributed by atoms with E-state index in [0.717, 1.165) is 22.5 Å². The third-order valence-corrected chi connectivity index (χ3v) is 6.60. The van der Waals surface area contributed by atoms with Gasteiger partial charge < -0.3 is 4.90 Å². The summed E-state index contributed by atoms with van der Waals surface area (Å²) in [5.74, 6) is 0.801. The van der Waals surface area contributed by atoms with Crippen LogP contribution >= 0.6 is 0 Å². The summed E-state index contributed by atoms with van der Waals surface area (Å²) in [5.41, 5.74) is 2.57. The highest BCUT2D eigenvalue weighted by Gasteiger charge is 2.29. The Bertz CT molecular complexity index is 1040. The second-order valence-corrected chi connectivity index (χ2v) is 8.25. The quantitative estimate of drug-likeness (QED) is 0.686. The smallest absolute Gasteiger partial charge is 0.243 e. The Kier molecular flexibility index (Phi) is 4.12. The number of piperazine rings is 1. The predicted molar refractivity (Wildman–Crippen MR) is 98.5 cm³/mol. The summed E-state index contributed by atoms with van der Waals surface area (Å²) in [6, 6.07) is 8.56. The van der Waals surface area contributed by atoms with Gasteiger partial charge in [0.25, 0.3) is 0 Å². The van der Waals surface area contributed by atoms with Crippen LogP contribution in [0.4, 0.5) is 5.82 Å². The molecule has 0 amide bonds. The Morgan fingerprint density at radius 2 is 1.69 bits per heavy atom. The van der Waals surface area contributed by atoms with E-state index in [9.17, 15) is 8.42 Å². The summed E-state index contributed by atoms with van der Waals surface area (Å²) in [6.07, 6.45) is 1.54. The molecule has 0 spiro atoms. The van der Waals surface area contributed by atoms with Crippen LogP contribution in [0.25, 0.3) is 11.0 Å². The van der Waals surface area contributed by atoms with Crippen molar-refractivity contribution in [2.24, 2.45) is 7.05 Å². The summed E-state index contributed by atoms with van der Waals surface area (Å²) >= 11 is 0. The first-order valence-corrected chi connectivity index (χ1v) is 9.87. The molecule has 0 bridgehead atoms. The lowest BCUT2D eigenvalue weighted by molar-refractivity contribution is 0.384. The topological polar surface area (TPSA) is 84.2 Å². The molecule has 0 aliphatic carbocycles. The maximum Gasteiger partial charge on any atom is 0.243 e. The summed E-state index contributed by atoms with van der Waals surface area (Å²) in [4.78, 5) is 11.2. The zero-order valence-corrected chi connectivity index (χ0v) is 15.5. The average Bonchev–Trinajstić information content (AvgIpc) is 2.97. The molecule has 9 heteroatoms. The molecule has 0 unspecified atom stereocenters. The molecule has 8 nitrogen and oxygen atoms in total. The molecule has 0 radical (unpaired) electrons. The van der Waals surface area contributed by atoms with Crippen LogP contribution in [0.1, 0.15) is 5.69 Å².